The smallest absolute Gasteiger partial charge is 0.0555 e. The number of fused-ring (bicyclic) bond motifs is 7. The molecular formula is C28H17NS. The third-order valence-corrected chi connectivity index (χ3v) is 7.31. The van der Waals surface area contributed by atoms with Gasteiger partial charge in [0.25, 0.3) is 0 Å². The number of aromatic nitrogens is 1. The third-order valence-electron chi connectivity index (χ3n) is 6.18. The van der Waals surface area contributed by atoms with E-state index in [0.29, 0.717) is 0 Å². The van der Waals surface area contributed by atoms with Gasteiger partial charge in [-0.3, -0.25) is 0 Å². The molecule has 7 aromatic rings. The van der Waals surface area contributed by atoms with Crippen molar-refractivity contribution in [3.63, 3.8) is 0 Å². The molecule has 2 heteroatoms. The van der Waals surface area contributed by atoms with Gasteiger partial charge in [-0.15, -0.1) is 11.3 Å². The number of hydrogen-bond acceptors (Lipinski definition) is 1. The number of nitrogens with zero attached hydrogens (tertiary/aromatic N) is 1. The van der Waals surface area contributed by atoms with Gasteiger partial charge in [-0.1, -0.05) is 72.8 Å². The minimum Gasteiger partial charge on any atom is -0.309 e. The summed E-state index contributed by atoms with van der Waals surface area (Å²) in [5, 5.41) is 7.86. The lowest BCUT2D eigenvalue weighted by atomic mass is 10.1. The van der Waals surface area contributed by atoms with Crippen LogP contribution in [0.25, 0.3) is 58.4 Å². The van der Waals surface area contributed by atoms with E-state index in [1.165, 1.54) is 58.4 Å². The zero-order valence-electron chi connectivity index (χ0n) is 16.2. The first-order chi connectivity index (χ1) is 14.9. The fourth-order valence-corrected chi connectivity index (χ4v) is 5.97. The average molecular weight is 400 g/mol. The highest BCUT2D eigenvalue weighted by atomic mass is 32.1. The number of hydrogen-bond donors (Lipinski definition) is 0. The molecule has 0 saturated carbocycles. The van der Waals surface area contributed by atoms with Gasteiger partial charge < -0.3 is 4.57 Å². The van der Waals surface area contributed by atoms with Crippen LogP contribution in [0.2, 0.25) is 0 Å². The summed E-state index contributed by atoms with van der Waals surface area (Å²) in [7, 11) is 0. The van der Waals surface area contributed by atoms with E-state index < -0.39 is 0 Å². The fraction of sp³-hybridized carbons (Fsp3) is 0. The molecule has 0 atom stereocenters. The van der Waals surface area contributed by atoms with Gasteiger partial charge in [0.15, 0.2) is 0 Å². The van der Waals surface area contributed by atoms with E-state index in [-0.39, 0.29) is 0 Å². The molecule has 30 heavy (non-hydrogen) atoms. The molecule has 5 aromatic carbocycles. The average Bonchev–Trinajstić information content (AvgIpc) is 3.32. The minimum absolute atomic E-state index is 1.24. The van der Waals surface area contributed by atoms with Crippen LogP contribution >= 0.6 is 11.3 Å². The molecule has 2 heterocycles. The maximum absolute atomic E-state index is 2.44. The number of benzene rings is 5. The Balaban J connectivity index is 1.71. The van der Waals surface area contributed by atoms with Crippen molar-refractivity contribution in [2.75, 3.05) is 0 Å². The predicted octanol–water partition coefficient (Wildman–Crippen LogP) is 8.30. The van der Waals surface area contributed by atoms with Gasteiger partial charge in [-0.2, -0.15) is 0 Å². The first kappa shape index (κ1) is 16.2. The summed E-state index contributed by atoms with van der Waals surface area (Å²) in [6.07, 6.45) is 0. The Morgan fingerprint density at radius 2 is 1.20 bits per heavy atom. The molecule has 0 fully saturated rings. The van der Waals surface area contributed by atoms with E-state index in [9.17, 15) is 0 Å². The highest BCUT2D eigenvalue weighted by Gasteiger charge is 2.16. The Hall–Kier alpha value is -3.62. The Morgan fingerprint density at radius 3 is 2.13 bits per heavy atom. The Labute approximate surface area is 177 Å². The Bertz CT molecular complexity index is 1740. The zero-order chi connectivity index (χ0) is 19.7. The van der Waals surface area contributed by atoms with Crippen LogP contribution in [0.1, 0.15) is 0 Å². The fourth-order valence-electron chi connectivity index (χ4n) is 4.85. The monoisotopic (exact) mass is 399 g/mol. The van der Waals surface area contributed by atoms with Crippen LogP contribution in [-0.4, -0.2) is 4.57 Å². The molecule has 0 aliphatic rings. The molecule has 0 unspecified atom stereocenters. The Kier molecular flexibility index (Phi) is 3.21. The van der Waals surface area contributed by atoms with Crippen LogP contribution in [0.5, 0.6) is 0 Å². The van der Waals surface area contributed by atoms with Crippen molar-refractivity contribution in [1.29, 1.82) is 0 Å². The SMILES string of the molecule is c1ccc2c(-n3c4ccccc4c4cc5c(cc43)sc3ccccc35)cccc2c1. The highest BCUT2D eigenvalue weighted by Crippen LogP contribution is 2.41. The van der Waals surface area contributed by atoms with Crippen molar-refractivity contribution < 1.29 is 0 Å². The summed E-state index contributed by atoms with van der Waals surface area (Å²) in [6.45, 7) is 0. The van der Waals surface area contributed by atoms with E-state index in [2.05, 4.69) is 108 Å². The van der Waals surface area contributed by atoms with E-state index in [1.54, 1.807) is 0 Å². The van der Waals surface area contributed by atoms with Crippen molar-refractivity contribution >= 4 is 64.1 Å². The summed E-state index contributed by atoms with van der Waals surface area (Å²) in [4.78, 5) is 0. The quantitative estimate of drug-likeness (QED) is 0.262. The van der Waals surface area contributed by atoms with Gasteiger partial charge in [0.1, 0.15) is 0 Å². The first-order valence-electron chi connectivity index (χ1n) is 10.2. The summed E-state index contributed by atoms with van der Waals surface area (Å²) in [5.41, 5.74) is 3.76. The largest absolute Gasteiger partial charge is 0.309 e. The summed E-state index contributed by atoms with van der Waals surface area (Å²) >= 11 is 1.88. The maximum Gasteiger partial charge on any atom is 0.0555 e. The van der Waals surface area contributed by atoms with Gasteiger partial charge in [-0.25, -0.2) is 0 Å². The molecule has 0 N–H and O–H groups in total. The van der Waals surface area contributed by atoms with E-state index in [0.717, 1.165) is 0 Å². The van der Waals surface area contributed by atoms with Crippen LogP contribution < -0.4 is 0 Å². The maximum atomic E-state index is 2.44. The summed E-state index contributed by atoms with van der Waals surface area (Å²) in [6, 6.07) is 37.5. The zero-order valence-corrected chi connectivity index (χ0v) is 17.0. The first-order valence-corrected chi connectivity index (χ1v) is 11.0. The third kappa shape index (κ3) is 2.11. The molecule has 1 nitrogen and oxygen atoms in total. The Morgan fingerprint density at radius 1 is 0.467 bits per heavy atom. The van der Waals surface area contributed by atoms with Crippen LogP contribution in [-0.2, 0) is 0 Å². The van der Waals surface area contributed by atoms with E-state index in [4.69, 9.17) is 0 Å². The van der Waals surface area contributed by atoms with Crippen molar-refractivity contribution in [2.24, 2.45) is 0 Å². The molecule has 0 radical (unpaired) electrons. The van der Waals surface area contributed by atoms with Crippen molar-refractivity contribution in [2.45, 2.75) is 0 Å². The van der Waals surface area contributed by atoms with Crippen molar-refractivity contribution in [3.8, 4) is 5.69 Å². The van der Waals surface area contributed by atoms with Crippen molar-refractivity contribution in [3.05, 3.63) is 103 Å². The molecule has 0 aliphatic carbocycles. The molecule has 0 amide bonds. The second kappa shape index (κ2) is 5.94. The molecule has 0 spiro atoms. The number of para-hydroxylation sites is 1. The lowest BCUT2D eigenvalue weighted by Crippen LogP contribution is -1.94. The summed E-state index contributed by atoms with van der Waals surface area (Å²) < 4.78 is 5.13. The molecule has 140 valence electrons. The number of rotatable bonds is 1. The summed E-state index contributed by atoms with van der Waals surface area (Å²) in [5.74, 6) is 0. The van der Waals surface area contributed by atoms with Crippen LogP contribution in [0.3, 0.4) is 0 Å². The van der Waals surface area contributed by atoms with Gasteiger partial charge in [-0.05, 0) is 35.7 Å². The molecule has 0 aliphatic heterocycles. The lowest BCUT2D eigenvalue weighted by Gasteiger charge is -2.11. The van der Waals surface area contributed by atoms with Gasteiger partial charge >= 0.3 is 0 Å². The minimum atomic E-state index is 1.24. The van der Waals surface area contributed by atoms with Crippen LogP contribution in [0, 0.1) is 0 Å². The second-order valence-corrected chi connectivity index (χ2v) is 8.90. The number of thiophene rings is 1. The van der Waals surface area contributed by atoms with Gasteiger partial charge in [0, 0.05) is 36.3 Å². The van der Waals surface area contributed by atoms with Gasteiger partial charge in [0.2, 0.25) is 0 Å². The molecule has 2 aromatic heterocycles. The second-order valence-electron chi connectivity index (χ2n) is 7.81. The van der Waals surface area contributed by atoms with E-state index >= 15 is 0 Å². The molecular weight excluding hydrogens is 382 g/mol. The van der Waals surface area contributed by atoms with Crippen molar-refractivity contribution in [1.82, 2.24) is 4.57 Å². The topological polar surface area (TPSA) is 4.93 Å². The van der Waals surface area contributed by atoms with E-state index in [1.807, 2.05) is 11.3 Å². The normalized spacial score (nSPS) is 12.0. The van der Waals surface area contributed by atoms with Crippen LogP contribution in [0.4, 0.5) is 0 Å². The molecule has 0 saturated heterocycles. The van der Waals surface area contributed by atoms with Gasteiger partial charge in [0.05, 0.1) is 16.7 Å². The predicted molar refractivity (Wildman–Crippen MR) is 131 cm³/mol. The molecule has 0 bridgehead atoms. The standard InChI is InChI=1S/C28H17NS/c1-2-10-19-18(8-1)9-7-14-24(19)29-25-13-5-3-11-20(25)22-16-23-21-12-4-6-15-27(21)30-28(23)17-26(22)29/h1-17H. The van der Waals surface area contributed by atoms with Crippen LogP contribution in [0.15, 0.2) is 103 Å². The lowest BCUT2D eigenvalue weighted by molar-refractivity contribution is 1.20. The highest BCUT2D eigenvalue weighted by molar-refractivity contribution is 7.25. The molecule has 7 rings (SSSR count).